The Morgan fingerprint density at radius 3 is 2.02 bits per heavy atom. The molecule has 1 aromatic heterocycles. The molecule has 0 radical (unpaired) electrons. The Balaban J connectivity index is 1.39. The normalized spacial score (nSPS) is 12.2. The fourth-order valence-corrected chi connectivity index (χ4v) is 5.50. The summed E-state index contributed by atoms with van der Waals surface area (Å²) in [6.07, 6.45) is 3.41. The molecule has 8 heteroatoms. The molecule has 0 saturated carbocycles. The van der Waals surface area contributed by atoms with Gasteiger partial charge in [-0.25, -0.2) is 4.79 Å². The number of nitrogens with two attached hydrogens (primary N) is 1. The molecule has 2 atom stereocenters. The zero-order chi connectivity index (χ0) is 32.1. The molecular weight excluding hydrogens is 574 g/mol. The van der Waals surface area contributed by atoms with E-state index in [1.165, 1.54) is 0 Å². The zero-order valence-corrected chi connectivity index (χ0v) is 25.7. The predicted molar refractivity (Wildman–Crippen MR) is 181 cm³/mol. The lowest BCUT2D eigenvalue weighted by Crippen LogP contribution is -2.56. The molecule has 4 aromatic carbocycles. The first-order valence-corrected chi connectivity index (χ1v) is 15.6. The zero-order valence-electron chi connectivity index (χ0n) is 25.7. The van der Waals surface area contributed by atoms with Crippen LogP contribution in [0, 0.1) is 0 Å². The number of urea groups is 1. The third-order valence-electron chi connectivity index (χ3n) is 8.03. The van der Waals surface area contributed by atoms with E-state index in [0.717, 1.165) is 33.2 Å². The first kappa shape index (κ1) is 31.9. The predicted octanol–water partition coefficient (Wildman–Crippen LogP) is 4.86. The standard InChI is InChI=1S/C38H39N5O3/c39-36(44)34(26-29-14-5-2-6-15-29)41-37(45)35(27-31-18-11-17-30-16-7-8-20-33(30)31)42-38(46)43(24-21-28-12-3-1-4-13-28)25-22-32-19-9-10-23-40-32/h1-20,23,34-35H,21-22,24-27H2,(H2,39,44)(H,41,45)(H,42,46)/t34-,35+/m0/s1. The maximum absolute atomic E-state index is 14.0. The minimum absolute atomic E-state index is 0.225. The lowest BCUT2D eigenvalue weighted by Gasteiger charge is -2.28. The highest BCUT2D eigenvalue weighted by Gasteiger charge is 2.28. The molecule has 46 heavy (non-hydrogen) atoms. The highest BCUT2D eigenvalue weighted by atomic mass is 16.2. The lowest BCUT2D eigenvalue weighted by molar-refractivity contribution is -0.128. The van der Waals surface area contributed by atoms with Crippen LogP contribution in [0.3, 0.4) is 0 Å². The maximum atomic E-state index is 14.0. The number of primary amides is 1. The van der Waals surface area contributed by atoms with Gasteiger partial charge in [-0.15, -0.1) is 0 Å². The molecule has 0 saturated heterocycles. The highest BCUT2D eigenvalue weighted by Crippen LogP contribution is 2.20. The van der Waals surface area contributed by atoms with E-state index < -0.39 is 23.9 Å². The Hall–Kier alpha value is -5.50. The number of aromatic nitrogens is 1. The van der Waals surface area contributed by atoms with E-state index in [2.05, 4.69) is 15.6 Å². The van der Waals surface area contributed by atoms with Crippen LogP contribution in [0.15, 0.2) is 128 Å². The number of hydrogen-bond acceptors (Lipinski definition) is 4. The third-order valence-corrected chi connectivity index (χ3v) is 8.03. The van der Waals surface area contributed by atoms with Gasteiger partial charge in [0.1, 0.15) is 12.1 Å². The number of nitrogens with zero attached hydrogens (tertiary/aromatic N) is 2. The van der Waals surface area contributed by atoms with Crippen LogP contribution in [0.5, 0.6) is 0 Å². The molecule has 234 valence electrons. The summed E-state index contributed by atoms with van der Waals surface area (Å²) in [5.74, 6) is -1.12. The molecule has 0 fully saturated rings. The summed E-state index contributed by atoms with van der Waals surface area (Å²) in [6.45, 7) is 0.861. The van der Waals surface area contributed by atoms with Crippen LogP contribution in [0.1, 0.15) is 22.4 Å². The summed E-state index contributed by atoms with van der Waals surface area (Å²) >= 11 is 0. The SMILES string of the molecule is NC(=O)[C@H](Cc1ccccc1)NC(=O)[C@@H](Cc1cccc2ccccc12)NC(=O)N(CCc1ccccc1)CCc1ccccn1. The second-order valence-corrected chi connectivity index (χ2v) is 11.3. The van der Waals surface area contributed by atoms with Gasteiger partial charge in [-0.1, -0.05) is 109 Å². The van der Waals surface area contributed by atoms with E-state index in [0.29, 0.717) is 25.9 Å². The van der Waals surface area contributed by atoms with Crippen molar-refractivity contribution in [3.05, 3.63) is 150 Å². The molecule has 0 aliphatic carbocycles. The average molecular weight is 614 g/mol. The Bertz CT molecular complexity index is 1680. The largest absolute Gasteiger partial charge is 0.368 e. The van der Waals surface area contributed by atoms with Crippen molar-refractivity contribution < 1.29 is 14.4 Å². The molecule has 4 amide bonds. The van der Waals surface area contributed by atoms with E-state index in [4.69, 9.17) is 5.73 Å². The monoisotopic (exact) mass is 613 g/mol. The first-order chi connectivity index (χ1) is 22.5. The fourth-order valence-electron chi connectivity index (χ4n) is 5.50. The quantitative estimate of drug-likeness (QED) is 0.166. The number of nitrogens with one attached hydrogen (secondary N) is 2. The van der Waals surface area contributed by atoms with Crippen LogP contribution in [-0.2, 0) is 35.3 Å². The molecule has 0 bridgehead atoms. The van der Waals surface area contributed by atoms with Crippen molar-refractivity contribution in [3.63, 3.8) is 0 Å². The van der Waals surface area contributed by atoms with Crippen LogP contribution in [0.2, 0.25) is 0 Å². The number of pyridine rings is 1. The molecule has 8 nitrogen and oxygen atoms in total. The van der Waals surface area contributed by atoms with Gasteiger partial charge in [-0.3, -0.25) is 14.6 Å². The van der Waals surface area contributed by atoms with Crippen LogP contribution in [0.25, 0.3) is 10.8 Å². The molecule has 1 heterocycles. The lowest BCUT2D eigenvalue weighted by atomic mass is 9.98. The van der Waals surface area contributed by atoms with Crippen LogP contribution >= 0.6 is 0 Å². The van der Waals surface area contributed by atoms with Gasteiger partial charge < -0.3 is 21.3 Å². The van der Waals surface area contributed by atoms with Gasteiger partial charge in [0.25, 0.3) is 0 Å². The minimum Gasteiger partial charge on any atom is -0.368 e. The van der Waals surface area contributed by atoms with Crippen molar-refractivity contribution >= 4 is 28.6 Å². The number of carbonyl (C=O) groups excluding carboxylic acids is 3. The molecule has 0 aliphatic rings. The summed E-state index contributed by atoms with van der Waals surface area (Å²) < 4.78 is 0. The van der Waals surface area contributed by atoms with Crippen molar-refractivity contribution in [1.29, 1.82) is 0 Å². The second kappa shape index (κ2) is 16.0. The van der Waals surface area contributed by atoms with Crippen molar-refractivity contribution in [1.82, 2.24) is 20.5 Å². The van der Waals surface area contributed by atoms with E-state index in [1.54, 1.807) is 11.1 Å². The van der Waals surface area contributed by atoms with Gasteiger partial charge in [-0.2, -0.15) is 0 Å². The fraction of sp³-hybridized carbons (Fsp3) is 0.211. The molecule has 0 aliphatic heterocycles. The van der Waals surface area contributed by atoms with E-state index in [1.807, 2.05) is 121 Å². The molecule has 5 rings (SSSR count). The third kappa shape index (κ3) is 9.01. The van der Waals surface area contributed by atoms with Crippen LogP contribution in [0.4, 0.5) is 4.79 Å². The van der Waals surface area contributed by atoms with E-state index >= 15 is 0 Å². The van der Waals surface area contributed by atoms with Gasteiger partial charge in [0.05, 0.1) is 0 Å². The van der Waals surface area contributed by atoms with Crippen LogP contribution < -0.4 is 16.4 Å². The van der Waals surface area contributed by atoms with Gasteiger partial charge in [-0.05, 0) is 46.0 Å². The molecule has 4 N–H and O–H groups in total. The van der Waals surface area contributed by atoms with Gasteiger partial charge in [0, 0.05) is 44.2 Å². The van der Waals surface area contributed by atoms with Crippen molar-refractivity contribution in [2.24, 2.45) is 5.73 Å². The molecule has 0 unspecified atom stereocenters. The summed E-state index contributed by atoms with van der Waals surface area (Å²) in [5, 5.41) is 7.87. The number of hydrogen-bond donors (Lipinski definition) is 3. The molecular formula is C38H39N5O3. The van der Waals surface area contributed by atoms with E-state index in [9.17, 15) is 14.4 Å². The number of carbonyl (C=O) groups is 3. The summed E-state index contributed by atoms with van der Waals surface area (Å²) in [7, 11) is 0. The molecule has 5 aromatic rings. The van der Waals surface area contributed by atoms with Gasteiger partial charge in [0.2, 0.25) is 11.8 Å². The highest BCUT2D eigenvalue weighted by molar-refractivity contribution is 5.93. The summed E-state index contributed by atoms with van der Waals surface area (Å²) in [4.78, 5) is 46.5. The Labute approximate surface area is 269 Å². The van der Waals surface area contributed by atoms with Gasteiger partial charge >= 0.3 is 6.03 Å². The second-order valence-electron chi connectivity index (χ2n) is 11.3. The smallest absolute Gasteiger partial charge is 0.318 e. The number of amides is 4. The Morgan fingerprint density at radius 1 is 0.652 bits per heavy atom. The number of rotatable bonds is 14. The Morgan fingerprint density at radius 2 is 1.30 bits per heavy atom. The first-order valence-electron chi connectivity index (χ1n) is 15.6. The van der Waals surface area contributed by atoms with E-state index in [-0.39, 0.29) is 18.9 Å². The Kier molecular flexibility index (Phi) is 11.1. The average Bonchev–Trinajstić information content (AvgIpc) is 3.09. The number of benzene rings is 4. The molecule has 0 spiro atoms. The maximum Gasteiger partial charge on any atom is 0.318 e. The summed E-state index contributed by atoms with van der Waals surface area (Å²) in [6, 6.07) is 36.6. The minimum atomic E-state index is -0.968. The van der Waals surface area contributed by atoms with Crippen molar-refractivity contribution in [2.45, 2.75) is 37.8 Å². The van der Waals surface area contributed by atoms with Crippen molar-refractivity contribution in [3.8, 4) is 0 Å². The number of fused-ring (bicyclic) bond motifs is 1. The van der Waals surface area contributed by atoms with Crippen LogP contribution in [-0.4, -0.2) is 52.9 Å². The topological polar surface area (TPSA) is 117 Å². The van der Waals surface area contributed by atoms with Crippen molar-refractivity contribution in [2.75, 3.05) is 13.1 Å². The van der Waals surface area contributed by atoms with Gasteiger partial charge in [0.15, 0.2) is 0 Å². The summed E-state index contributed by atoms with van der Waals surface area (Å²) in [5.41, 5.74) is 9.49.